The van der Waals surface area contributed by atoms with E-state index in [-0.39, 0.29) is 11.3 Å². The third-order valence-electron chi connectivity index (χ3n) is 1.70. The summed E-state index contributed by atoms with van der Waals surface area (Å²) in [6.07, 6.45) is 0. The van der Waals surface area contributed by atoms with Crippen molar-refractivity contribution >= 4 is 11.7 Å². The zero-order chi connectivity index (χ0) is 11.4. The van der Waals surface area contributed by atoms with Gasteiger partial charge in [-0.3, -0.25) is 0 Å². The number of carbonyl (C=O) groups is 1. The summed E-state index contributed by atoms with van der Waals surface area (Å²) in [4.78, 5) is 21.3. The number of esters is 1. The Balaban J connectivity index is 3.47. The molecule has 0 fully saturated rings. The number of hydrogen-bond acceptors (Lipinski definition) is 5. The number of nitroso groups, excluding NO2 is 1. The Kier molecular flexibility index (Phi) is 3.08. The molecule has 5 nitrogen and oxygen atoms in total. The second kappa shape index (κ2) is 4.28. The summed E-state index contributed by atoms with van der Waals surface area (Å²) in [5.74, 6) is -1.87. The number of ether oxygens (including phenoxy) is 1. The normalized spacial score (nSPS) is 9.13. The molecule has 0 aliphatic carbocycles. The highest BCUT2D eigenvalue weighted by Gasteiger charge is 2.17. The molecule has 1 aromatic rings. The van der Waals surface area contributed by atoms with E-state index in [1.165, 1.54) is 6.07 Å². The average Bonchev–Trinajstić information content (AvgIpc) is 2.26. The predicted octanol–water partition coefficient (Wildman–Crippen LogP) is 1.88. The Labute approximate surface area is 84.1 Å². The van der Waals surface area contributed by atoms with E-state index in [2.05, 4.69) is 9.91 Å². The fraction of sp³-hybridized carbons (Fsp3) is 0.111. The minimum atomic E-state index is -0.977. The minimum absolute atomic E-state index is 0.271. The van der Waals surface area contributed by atoms with Crippen LogP contribution in [0.15, 0.2) is 17.3 Å². The molecule has 0 saturated heterocycles. The summed E-state index contributed by atoms with van der Waals surface area (Å²) in [6.45, 7) is 0. The maximum atomic E-state index is 13.2. The van der Waals surface area contributed by atoms with Gasteiger partial charge in [-0.1, -0.05) is 0 Å². The van der Waals surface area contributed by atoms with E-state index >= 15 is 0 Å². The smallest absolute Gasteiger partial charge is 0.339 e. The number of halogens is 1. The van der Waals surface area contributed by atoms with Crippen LogP contribution >= 0.6 is 0 Å². The number of nitrogens with zero attached hydrogens (tertiary/aromatic N) is 2. The van der Waals surface area contributed by atoms with Gasteiger partial charge in [0.15, 0.2) is 0 Å². The number of hydrogen-bond donors (Lipinski definition) is 0. The Hall–Kier alpha value is -2.29. The molecule has 6 heteroatoms. The van der Waals surface area contributed by atoms with Crippen molar-refractivity contribution in [1.29, 1.82) is 5.26 Å². The fourth-order valence-corrected chi connectivity index (χ4v) is 1.03. The van der Waals surface area contributed by atoms with Crippen LogP contribution in [0.3, 0.4) is 0 Å². The van der Waals surface area contributed by atoms with Crippen LogP contribution in [0.1, 0.15) is 15.9 Å². The lowest BCUT2D eigenvalue weighted by Gasteiger charge is -2.02. The summed E-state index contributed by atoms with van der Waals surface area (Å²) < 4.78 is 17.5. The first kappa shape index (κ1) is 10.8. The van der Waals surface area contributed by atoms with E-state index in [1.807, 2.05) is 0 Å². The first-order chi connectivity index (χ1) is 7.13. The Morgan fingerprint density at radius 3 is 2.73 bits per heavy atom. The van der Waals surface area contributed by atoms with Crippen LogP contribution in [-0.4, -0.2) is 13.1 Å². The highest BCUT2D eigenvalue weighted by Crippen LogP contribution is 2.22. The summed E-state index contributed by atoms with van der Waals surface area (Å²) in [6, 6.07) is 3.29. The van der Waals surface area contributed by atoms with Gasteiger partial charge in [-0.2, -0.15) is 5.26 Å². The van der Waals surface area contributed by atoms with Gasteiger partial charge >= 0.3 is 5.97 Å². The van der Waals surface area contributed by atoms with Crippen LogP contribution in [0.25, 0.3) is 0 Å². The first-order valence-corrected chi connectivity index (χ1v) is 3.79. The molecule has 0 aliphatic rings. The molecule has 76 valence electrons. The standard InChI is InChI=1S/C9H5FN2O3/c1-15-9(13)6-2-5(12-14)3-8(10)7(6)4-11/h2-3H,1H3. The molecule has 0 saturated carbocycles. The molecule has 0 atom stereocenters. The summed E-state index contributed by atoms with van der Waals surface area (Å²) in [5, 5.41) is 11.1. The second-order valence-corrected chi connectivity index (χ2v) is 2.54. The van der Waals surface area contributed by atoms with E-state index in [4.69, 9.17) is 5.26 Å². The lowest BCUT2D eigenvalue weighted by molar-refractivity contribution is 0.0600. The molecule has 0 radical (unpaired) electrons. The summed E-state index contributed by atoms with van der Waals surface area (Å²) in [7, 11) is 1.09. The van der Waals surface area contributed by atoms with Gasteiger partial charge in [0, 0.05) is 6.07 Å². The van der Waals surface area contributed by atoms with Gasteiger partial charge in [0.05, 0.1) is 12.7 Å². The molecule has 0 amide bonds. The molecule has 0 aromatic heterocycles. The summed E-state index contributed by atoms with van der Waals surface area (Å²) in [5.41, 5.74) is -1.05. The number of rotatable bonds is 2. The zero-order valence-electron chi connectivity index (χ0n) is 7.65. The van der Waals surface area contributed by atoms with Crippen LogP contribution < -0.4 is 0 Å². The van der Waals surface area contributed by atoms with Crippen molar-refractivity contribution in [3.63, 3.8) is 0 Å². The lowest BCUT2D eigenvalue weighted by Crippen LogP contribution is -2.05. The van der Waals surface area contributed by atoms with Crippen LogP contribution in [0.5, 0.6) is 0 Å². The van der Waals surface area contributed by atoms with Gasteiger partial charge in [0.1, 0.15) is 23.1 Å². The average molecular weight is 208 g/mol. The maximum Gasteiger partial charge on any atom is 0.339 e. The van der Waals surface area contributed by atoms with Gasteiger partial charge in [-0.15, -0.1) is 4.91 Å². The van der Waals surface area contributed by atoms with E-state index in [0.29, 0.717) is 0 Å². The minimum Gasteiger partial charge on any atom is -0.465 e. The van der Waals surface area contributed by atoms with Gasteiger partial charge in [-0.25, -0.2) is 9.18 Å². The number of methoxy groups -OCH3 is 1. The molecule has 1 rings (SSSR count). The monoisotopic (exact) mass is 208 g/mol. The van der Waals surface area contributed by atoms with Crippen molar-refractivity contribution in [2.45, 2.75) is 0 Å². The van der Waals surface area contributed by atoms with E-state index in [0.717, 1.165) is 19.2 Å². The van der Waals surface area contributed by atoms with Crippen molar-refractivity contribution in [2.75, 3.05) is 7.11 Å². The second-order valence-electron chi connectivity index (χ2n) is 2.54. The van der Waals surface area contributed by atoms with Crippen molar-refractivity contribution in [3.8, 4) is 6.07 Å². The van der Waals surface area contributed by atoms with Crippen LogP contribution in [0.4, 0.5) is 10.1 Å². The molecular weight excluding hydrogens is 203 g/mol. The highest BCUT2D eigenvalue weighted by atomic mass is 19.1. The van der Waals surface area contributed by atoms with Crippen molar-refractivity contribution in [1.82, 2.24) is 0 Å². The lowest BCUT2D eigenvalue weighted by atomic mass is 10.1. The number of carbonyl (C=O) groups excluding carboxylic acids is 1. The third kappa shape index (κ3) is 1.96. The number of nitriles is 1. The third-order valence-corrected chi connectivity index (χ3v) is 1.70. The first-order valence-electron chi connectivity index (χ1n) is 3.79. The molecule has 0 aliphatic heterocycles. The molecule has 0 heterocycles. The Bertz CT molecular complexity index is 465. The van der Waals surface area contributed by atoms with Crippen molar-refractivity contribution < 1.29 is 13.9 Å². The van der Waals surface area contributed by atoms with Crippen LogP contribution in [0.2, 0.25) is 0 Å². The van der Waals surface area contributed by atoms with Gasteiger partial charge in [-0.05, 0) is 11.2 Å². The highest BCUT2D eigenvalue weighted by molar-refractivity contribution is 5.93. The fourth-order valence-electron chi connectivity index (χ4n) is 1.03. The molecule has 15 heavy (non-hydrogen) atoms. The molecule has 0 N–H and O–H groups in total. The van der Waals surface area contributed by atoms with Crippen LogP contribution in [-0.2, 0) is 4.74 Å². The van der Waals surface area contributed by atoms with Gasteiger partial charge in [0.2, 0.25) is 0 Å². The topological polar surface area (TPSA) is 79.5 Å². The molecule has 0 unspecified atom stereocenters. The Morgan fingerprint density at radius 1 is 1.60 bits per heavy atom. The van der Waals surface area contributed by atoms with E-state index in [1.54, 1.807) is 0 Å². The molecule has 1 aromatic carbocycles. The quantitative estimate of drug-likeness (QED) is 0.549. The SMILES string of the molecule is COC(=O)c1cc(N=O)cc(F)c1C#N. The van der Waals surface area contributed by atoms with Gasteiger partial charge < -0.3 is 4.74 Å². The summed E-state index contributed by atoms with van der Waals surface area (Å²) >= 11 is 0. The van der Waals surface area contributed by atoms with Crippen molar-refractivity contribution in [3.05, 3.63) is 34.0 Å². The van der Waals surface area contributed by atoms with E-state index in [9.17, 15) is 14.1 Å². The molecule has 0 bridgehead atoms. The molecule has 0 spiro atoms. The Morgan fingerprint density at radius 2 is 2.27 bits per heavy atom. The largest absolute Gasteiger partial charge is 0.465 e. The zero-order valence-corrected chi connectivity index (χ0v) is 7.65. The maximum absolute atomic E-state index is 13.2. The van der Waals surface area contributed by atoms with Crippen LogP contribution in [0, 0.1) is 22.1 Å². The van der Waals surface area contributed by atoms with E-state index < -0.39 is 17.3 Å². The predicted molar refractivity (Wildman–Crippen MR) is 47.9 cm³/mol. The van der Waals surface area contributed by atoms with Gasteiger partial charge in [0.25, 0.3) is 0 Å². The molecular formula is C9H5FN2O3. The number of benzene rings is 1. The van der Waals surface area contributed by atoms with Crippen molar-refractivity contribution in [2.24, 2.45) is 5.18 Å².